The van der Waals surface area contributed by atoms with Gasteiger partial charge in [0.1, 0.15) is 5.75 Å². The first-order chi connectivity index (χ1) is 10.2. The Morgan fingerprint density at radius 1 is 1.29 bits per heavy atom. The SMILES string of the molecule is COc1ccc(C(NC(=O)C2NCCC2C)C2CC2)cc1. The summed E-state index contributed by atoms with van der Waals surface area (Å²) in [4.78, 5) is 12.5. The van der Waals surface area contributed by atoms with Crippen LogP contribution in [0.2, 0.25) is 0 Å². The lowest BCUT2D eigenvalue weighted by molar-refractivity contribution is -0.124. The average molecular weight is 288 g/mol. The standard InChI is InChI=1S/C17H24N2O2/c1-11-9-10-18-15(11)17(20)19-16(12-3-4-12)13-5-7-14(21-2)8-6-13/h5-8,11-12,15-16,18H,3-4,9-10H2,1-2H3,(H,19,20). The first-order valence-corrected chi connectivity index (χ1v) is 7.86. The molecule has 2 N–H and O–H groups in total. The van der Waals surface area contributed by atoms with Gasteiger partial charge in [-0.05, 0) is 55.3 Å². The van der Waals surface area contributed by atoms with Crippen molar-refractivity contribution in [2.24, 2.45) is 11.8 Å². The summed E-state index contributed by atoms with van der Waals surface area (Å²) in [5.74, 6) is 2.00. The lowest BCUT2D eigenvalue weighted by Crippen LogP contribution is -2.45. The zero-order chi connectivity index (χ0) is 14.8. The molecule has 3 atom stereocenters. The molecule has 0 radical (unpaired) electrons. The Hall–Kier alpha value is -1.55. The van der Waals surface area contributed by atoms with Gasteiger partial charge in [-0.1, -0.05) is 19.1 Å². The van der Waals surface area contributed by atoms with E-state index < -0.39 is 0 Å². The lowest BCUT2D eigenvalue weighted by Gasteiger charge is -2.23. The molecule has 0 spiro atoms. The molecule has 114 valence electrons. The van der Waals surface area contributed by atoms with Crippen molar-refractivity contribution in [3.8, 4) is 5.75 Å². The highest BCUT2D eigenvalue weighted by Crippen LogP contribution is 2.41. The van der Waals surface area contributed by atoms with E-state index in [-0.39, 0.29) is 18.0 Å². The molecule has 0 aromatic heterocycles. The van der Waals surface area contributed by atoms with Gasteiger partial charge in [-0.3, -0.25) is 4.79 Å². The van der Waals surface area contributed by atoms with Gasteiger partial charge < -0.3 is 15.4 Å². The molecule has 1 saturated carbocycles. The van der Waals surface area contributed by atoms with Crippen LogP contribution < -0.4 is 15.4 Å². The van der Waals surface area contributed by atoms with Crippen molar-refractivity contribution in [1.29, 1.82) is 0 Å². The average Bonchev–Trinajstić information content (AvgIpc) is 3.26. The highest BCUT2D eigenvalue weighted by atomic mass is 16.5. The molecular formula is C17H24N2O2. The number of amides is 1. The number of carbonyl (C=O) groups is 1. The smallest absolute Gasteiger partial charge is 0.237 e. The van der Waals surface area contributed by atoms with Crippen molar-refractivity contribution in [2.75, 3.05) is 13.7 Å². The third-order valence-corrected chi connectivity index (χ3v) is 4.68. The van der Waals surface area contributed by atoms with E-state index in [1.54, 1.807) is 7.11 Å². The van der Waals surface area contributed by atoms with Crippen molar-refractivity contribution in [2.45, 2.75) is 38.3 Å². The van der Waals surface area contributed by atoms with E-state index in [0.29, 0.717) is 11.8 Å². The Bertz CT molecular complexity index is 496. The number of rotatable bonds is 5. The van der Waals surface area contributed by atoms with Gasteiger partial charge in [0.25, 0.3) is 0 Å². The molecule has 1 aromatic carbocycles. The molecule has 1 aromatic rings. The minimum Gasteiger partial charge on any atom is -0.497 e. The van der Waals surface area contributed by atoms with Crippen LogP contribution in [0, 0.1) is 11.8 Å². The summed E-state index contributed by atoms with van der Waals surface area (Å²) in [6, 6.07) is 8.16. The van der Waals surface area contributed by atoms with Gasteiger partial charge in [0.15, 0.2) is 0 Å². The van der Waals surface area contributed by atoms with Crippen LogP contribution in [0.25, 0.3) is 0 Å². The van der Waals surface area contributed by atoms with Gasteiger partial charge in [0, 0.05) is 0 Å². The maximum Gasteiger partial charge on any atom is 0.237 e. The molecule has 1 heterocycles. The van der Waals surface area contributed by atoms with Crippen molar-refractivity contribution in [3.05, 3.63) is 29.8 Å². The number of methoxy groups -OCH3 is 1. The molecule has 0 bridgehead atoms. The van der Waals surface area contributed by atoms with Crippen LogP contribution in [0.5, 0.6) is 5.75 Å². The molecule has 3 unspecified atom stereocenters. The summed E-state index contributed by atoms with van der Waals surface area (Å²) in [5, 5.41) is 6.57. The van der Waals surface area contributed by atoms with Crippen LogP contribution >= 0.6 is 0 Å². The molecule has 2 fully saturated rings. The summed E-state index contributed by atoms with van der Waals surface area (Å²) < 4.78 is 5.20. The van der Waals surface area contributed by atoms with E-state index in [1.165, 1.54) is 18.4 Å². The van der Waals surface area contributed by atoms with Crippen LogP contribution in [0.4, 0.5) is 0 Å². The fourth-order valence-corrected chi connectivity index (χ4v) is 3.14. The molecule has 4 nitrogen and oxygen atoms in total. The van der Waals surface area contributed by atoms with Crippen molar-refractivity contribution >= 4 is 5.91 Å². The highest BCUT2D eigenvalue weighted by molar-refractivity contribution is 5.82. The van der Waals surface area contributed by atoms with Crippen LogP contribution in [0.3, 0.4) is 0 Å². The Kier molecular flexibility index (Phi) is 4.15. The van der Waals surface area contributed by atoms with Crippen LogP contribution in [0.15, 0.2) is 24.3 Å². The fourth-order valence-electron chi connectivity index (χ4n) is 3.14. The number of carbonyl (C=O) groups excluding carboxylic acids is 1. The topological polar surface area (TPSA) is 50.4 Å². The second-order valence-electron chi connectivity index (χ2n) is 6.29. The van der Waals surface area contributed by atoms with Crippen molar-refractivity contribution in [3.63, 3.8) is 0 Å². The van der Waals surface area contributed by atoms with Gasteiger partial charge in [0.2, 0.25) is 5.91 Å². The Morgan fingerprint density at radius 3 is 2.52 bits per heavy atom. The zero-order valence-corrected chi connectivity index (χ0v) is 12.8. The number of hydrogen-bond donors (Lipinski definition) is 2. The monoisotopic (exact) mass is 288 g/mol. The molecule has 1 aliphatic heterocycles. The minimum absolute atomic E-state index is 0.0375. The Balaban J connectivity index is 1.70. The van der Waals surface area contributed by atoms with Crippen LogP contribution in [0.1, 0.15) is 37.8 Å². The second kappa shape index (κ2) is 6.06. The Morgan fingerprint density at radius 2 is 2.00 bits per heavy atom. The van der Waals surface area contributed by atoms with E-state index in [0.717, 1.165) is 18.7 Å². The van der Waals surface area contributed by atoms with E-state index in [2.05, 4.69) is 29.7 Å². The third-order valence-electron chi connectivity index (χ3n) is 4.68. The predicted molar refractivity (Wildman–Crippen MR) is 82.2 cm³/mol. The number of hydrogen-bond acceptors (Lipinski definition) is 3. The van der Waals surface area contributed by atoms with E-state index in [1.807, 2.05) is 12.1 Å². The van der Waals surface area contributed by atoms with E-state index in [9.17, 15) is 4.79 Å². The number of nitrogens with one attached hydrogen (secondary N) is 2. The van der Waals surface area contributed by atoms with E-state index >= 15 is 0 Å². The quantitative estimate of drug-likeness (QED) is 0.874. The third kappa shape index (κ3) is 3.21. The van der Waals surface area contributed by atoms with Gasteiger partial charge in [0.05, 0.1) is 19.2 Å². The second-order valence-corrected chi connectivity index (χ2v) is 6.29. The van der Waals surface area contributed by atoms with Gasteiger partial charge in [-0.25, -0.2) is 0 Å². The molecule has 4 heteroatoms. The van der Waals surface area contributed by atoms with E-state index in [4.69, 9.17) is 4.74 Å². The van der Waals surface area contributed by atoms with Crippen molar-refractivity contribution in [1.82, 2.24) is 10.6 Å². The van der Waals surface area contributed by atoms with Crippen molar-refractivity contribution < 1.29 is 9.53 Å². The normalized spacial score (nSPS) is 26.4. The highest BCUT2D eigenvalue weighted by Gasteiger charge is 2.36. The molecule has 21 heavy (non-hydrogen) atoms. The summed E-state index contributed by atoms with van der Waals surface area (Å²) in [7, 11) is 1.67. The summed E-state index contributed by atoms with van der Waals surface area (Å²) in [6.45, 7) is 3.08. The zero-order valence-electron chi connectivity index (χ0n) is 12.8. The van der Waals surface area contributed by atoms with Crippen LogP contribution in [-0.4, -0.2) is 25.6 Å². The van der Waals surface area contributed by atoms with Gasteiger partial charge in [-0.15, -0.1) is 0 Å². The van der Waals surface area contributed by atoms with Gasteiger partial charge >= 0.3 is 0 Å². The first kappa shape index (κ1) is 14.4. The molecule has 1 amide bonds. The molecule has 2 aliphatic rings. The molecule has 1 aliphatic carbocycles. The fraction of sp³-hybridized carbons (Fsp3) is 0.588. The molecule has 3 rings (SSSR count). The molecular weight excluding hydrogens is 264 g/mol. The van der Waals surface area contributed by atoms with Gasteiger partial charge in [-0.2, -0.15) is 0 Å². The summed E-state index contributed by atoms with van der Waals surface area (Å²) in [6.07, 6.45) is 3.48. The lowest BCUT2D eigenvalue weighted by atomic mass is 9.99. The number of benzene rings is 1. The molecule has 1 saturated heterocycles. The first-order valence-electron chi connectivity index (χ1n) is 7.86. The minimum atomic E-state index is -0.0375. The maximum absolute atomic E-state index is 12.5. The van der Waals surface area contributed by atoms with Crippen LogP contribution in [-0.2, 0) is 4.79 Å². The number of ether oxygens (including phenoxy) is 1. The summed E-state index contributed by atoms with van der Waals surface area (Å²) >= 11 is 0. The summed E-state index contributed by atoms with van der Waals surface area (Å²) in [5.41, 5.74) is 1.18. The maximum atomic E-state index is 12.5. The predicted octanol–water partition coefficient (Wildman–Crippen LogP) is 2.26. The largest absolute Gasteiger partial charge is 0.497 e. The Labute approximate surface area is 126 Å².